The van der Waals surface area contributed by atoms with Crippen LogP contribution in [0.4, 0.5) is 16.2 Å². The van der Waals surface area contributed by atoms with Crippen molar-refractivity contribution in [3.63, 3.8) is 0 Å². The van der Waals surface area contributed by atoms with E-state index in [9.17, 15) is 14.4 Å². The highest BCUT2D eigenvalue weighted by Gasteiger charge is 2.39. The predicted molar refractivity (Wildman–Crippen MR) is 105 cm³/mol. The Morgan fingerprint density at radius 2 is 1.89 bits per heavy atom. The first-order chi connectivity index (χ1) is 13.5. The van der Waals surface area contributed by atoms with Crippen molar-refractivity contribution in [3.05, 3.63) is 60.2 Å². The van der Waals surface area contributed by atoms with Gasteiger partial charge in [-0.25, -0.2) is 9.69 Å². The van der Waals surface area contributed by atoms with Gasteiger partial charge in [0, 0.05) is 19.2 Å². The van der Waals surface area contributed by atoms with Gasteiger partial charge in [-0.3, -0.25) is 14.5 Å². The van der Waals surface area contributed by atoms with E-state index in [2.05, 4.69) is 0 Å². The molecule has 1 unspecified atom stereocenters. The zero-order valence-corrected chi connectivity index (χ0v) is 15.7. The lowest BCUT2D eigenvalue weighted by atomic mass is 10.1. The van der Waals surface area contributed by atoms with E-state index in [1.54, 1.807) is 24.3 Å². The van der Waals surface area contributed by atoms with Crippen molar-refractivity contribution in [2.75, 3.05) is 17.2 Å². The van der Waals surface area contributed by atoms with Crippen molar-refractivity contribution >= 4 is 29.3 Å². The first kappa shape index (κ1) is 19.4. The van der Waals surface area contributed by atoms with E-state index < -0.39 is 23.9 Å². The number of carbonyl (C=O) groups is 3. The van der Waals surface area contributed by atoms with Crippen LogP contribution in [0.3, 0.4) is 0 Å². The van der Waals surface area contributed by atoms with Gasteiger partial charge < -0.3 is 10.5 Å². The highest BCUT2D eigenvalue weighted by molar-refractivity contribution is 6.16. The number of benzene rings is 2. The quantitative estimate of drug-likeness (QED) is 0.822. The second-order valence-electron chi connectivity index (χ2n) is 6.68. The summed E-state index contributed by atoms with van der Waals surface area (Å²) >= 11 is 0. The smallest absolute Gasteiger partial charge is 0.410 e. The topological polar surface area (TPSA) is 92.9 Å². The number of ether oxygens (including phenoxy) is 1. The maximum absolute atomic E-state index is 13.1. The van der Waals surface area contributed by atoms with Crippen molar-refractivity contribution in [1.82, 2.24) is 4.90 Å². The minimum atomic E-state index is -0.742. The van der Waals surface area contributed by atoms with Gasteiger partial charge in [0.1, 0.15) is 12.6 Å². The van der Waals surface area contributed by atoms with Crippen LogP contribution in [0.25, 0.3) is 0 Å². The predicted octanol–water partition coefficient (Wildman–Crippen LogP) is 2.95. The highest BCUT2D eigenvalue weighted by Crippen LogP contribution is 2.25. The third-order valence-electron chi connectivity index (χ3n) is 4.64. The van der Waals surface area contributed by atoms with Gasteiger partial charge in [0.2, 0.25) is 5.91 Å². The molecule has 3 rings (SSSR count). The standard InChI is InChI=1S/C21H23N3O4/c1-15(25)24(18-10-5-9-17(22)13-18)20(26)19-11-6-12-23(19)21(27)28-14-16-7-3-2-4-8-16/h2-5,7-10,13,19H,6,11-12,14,22H2,1H3. The van der Waals surface area contributed by atoms with Crippen LogP contribution in [-0.4, -0.2) is 35.4 Å². The molecule has 0 saturated carbocycles. The van der Waals surface area contributed by atoms with Gasteiger partial charge in [-0.15, -0.1) is 0 Å². The van der Waals surface area contributed by atoms with Crippen LogP contribution in [-0.2, 0) is 20.9 Å². The summed E-state index contributed by atoms with van der Waals surface area (Å²) in [6.45, 7) is 1.85. The van der Waals surface area contributed by atoms with Crippen molar-refractivity contribution in [1.29, 1.82) is 0 Å². The number of rotatable bonds is 4. The molecule has 1 aliphatic heterocycles. The number of nitrogens with two attached hydrogens (primary N) is 1. The summed E-state index contributed by atoms with van der Waals surface area (Å²) < 4.78 is 5.37. The van der Waals surface area contributed by atoms with E-state index in [0.29, 0.717) is 30.8 Å². The second kappa shape index (κ2) is 8.56. The summed E-state index contributed by atoms with van der Waals surface area (Å²) in [4.78, 5) is 40.3. The maximum atomic E-state index is 13.1. The fourth-order valence-corrected chi connectivity index (χ4v) is 3.32. The molecule has 1 aliphatic rings. The Balaban J connectivity index is 1.73. The third kappa shape index (κ3) is 4.31. The summed E-state index contributed by atoms with van der Waals surface area (Å²) in [6, 6.07) is 15.1. The van der Waals surface area contributed by atoms with Gasteiger partial charge in [0.05, 0.1) is 5.69 Å². The summed E-state index contributed by atoms with van der Waals surface area (Å²) in [5.41, 5.74) is 7.49. The highest BCUT2D eigenvalue weighted by atomic mass is 16.6. The summed E-state index contributed by atoms with van der Waals surface area (Å²) in [5.74, 6) is -0.882. The molecule has 0 radical (unpaired) electrons. The van der Waals surface area contributed by atoms with Crippen LogP contribution in [0, 0.1) is 0 Å². The molecule has 0 aliphatic carbocycles. The Hall–Kier alpha value is -3.35. The van der Waals surface area contributed by atoms with Gasteiger partial charge in [-0.2, -0.15) is 0 Å². The molecule has 1 atom stereocenters. The van der Waals surface area contributed by atoms with Crippen LogP contribution >= 0.6 is 0 Å². The molecule has 1 saturated heterocycles. The summed E-state index contributed by atoms with van der Waals surface area (Å²) in [7, 11) is 0. The molecule has 0 aromatic heterocycles. The second-order valence-corrected chi connectivity index (χ2v) is 6.68. The normalized spacial score (nSPS) is 15.9. The first-order valence-corrected chi connectivity index (χ1v) is 9.15. The fourth-order valence-electron chi connectivity index (χ4n) is 3.32. The zero-order valence-electron chi connectivity index (χ0n) is 15.7. The number of anilines is 2. The Bertz CT molecular complexity index is 869. The lowest BCUT2D eigenvalue weighted by molar-refractivity contribution is -0.128. The molecule has 2 aromatic rings. The Kier molecular flexibility index (Phi) is 5.93. The minimum absolute atomic E-state index is 0.128. The number of carbonyl (C=O) groups excluding carboxylic acids is 3. The number of nitrogens with zero attached hydrogens (tertiary/aromatic N) is 2. The average Bonchev–Trinajstić information content (AvgIpc) is 3.17. The van der Waals surface area contributed by atoms with Gasteiger partial charge in [0.15, 0.2) is 0 Å². The van der Waals surface area contributed by atoms with Crippen LogP contribution in [0.1, 0.15) is 25.3 Å². The SMILES string of the molecule is CC(=O)N(C(=O)C1CCCN1C(=O)OCc1ccccc1)c1cccc(N)c1. The van der Waals surface area contributed by atoms with Crippen LogP contribution in [0.2, 0.25) is 0 Å². The molecule has 3 amide bonds. The zero-order chi connectivity index (χ0) is 20.1. The summed E-state index contributed by atoms with van der Waals surface area (Å²) in [6.07, 6.45) is 0.584. The van der Waals surface area contributed by atoms with E-state index in [1.807, 2.05) is 30.3 Å². The first-order valence-electron chi connectivity index (χ1n) is 9.15. The van der Waals surface area contributed by atoms with E-state index in [4.69, 9.17) is 10.5 Å². The number of hydrogen-bond donors (Lipinski definition) is 1. The molecule has 1 heterocycles. The average molecular weight is 381 g/mol. The maximum Gasteiger partial charge on any atom is 0.410 e. The molecule has 1 fully saturated rings. The molecule has 28 heavy (non-hydrogen) atoms. The lowest BCUT2D eigenvalue weighted by Crippen LogP contribution is -2.49. The molecule has 0 bridgehead atoms. The van der Waals surface area contributed by atoms with Gasteiger partial charge >= 0.3 is 6.09 Å². The molecule has 7 heteroatoms. The number of hydrogen-bond acceptors (Lipinski definition) is 5. The molecule has 7 nitrogen and oxygen atoms in total. The van der Waals surface area contributed by atoms with Crippen LogP contribution < -0.4 is 10.6 Å². The number of likely N-dealkylation sites (tertiary alicyclic amines) is 1. The monoisotopic (exact) mass is 381 g/mol. The third-order valence-corrected chi connectivity index (χ3v) is 4.64. The van der Waals surface area contributed by atoms with Gasteiger partial charge in [-0.05, 0) is 36.6 Å². The van der Waals surface area contributed by atoms with Gasteiger partial charge in [0.25, 0.3) is 5.91 Å². The molecular formula is C21H23N3O4. The van der Waals surface area contributed by atoms with Crippen LogP contribution in [0.15, 0.2) is 54.6 Å². The van der Waals surface area contributed by atoms with Crippen molar-refractivity contribution in [3.8, 4) is 0 Å². The largest absolute Gasteiger partial charge is 0.445 e. The molecule has 146 valence electrons. The summed E-state index contributed by atoms with van der Waals surface area (Å²) in [5, 5.41) is 0. The minimum Gasteiger partial charge on any atom is -0.445 e. The molecule has 2 N–H and O–H groups in total. The van der Waals surface area contributed by atoms with Gasteiger partial charge in [-0.1, -0.05) is 36.4 Å². The van der Waals surface area contributed by atoms with E-state index in [0.717, 1.165) is 10.5 Å². The van der Waals surface area contributed by atoms with E-state index in [-0.39, 0.29) is 6.61 Å². The number of imide groups is 1. The van der Waals surface area contributed by atoms with Crippen LogP contribution in [0.5, 0.6) is 0 Å². The number of nitrogen functional groups attached to an aromatic ring is 1. The Morgan fingerprint density at radius 1 is 1.14 bits per heavy atom. The number of amides is 3. The lowest BCUT2D eigenvalue weighted by Gasteiger charge is -2.28. The van der Waals surface area contributed by atoms with E-state index in [1.165, 1.54) is 11.8 Å². The molecule has 0 spiro atoms. The fraction of sp³-hybridized carbons (Fsp3) is 0.286. The Labute approximate surface area is 163 Å². The Morgan fingerprint density at radius 3 is 2.57 bits per heavy atom. The van der Waals surface area contributed by atoms with Crippen molar-refractivity contribution in [2.24, 2.45) is 0 Å². The van der Waals surface area contributed by atoms with Crippen molar-refractivity contribution in [2.45, 2.75) is 32.4 Å². The van der Waals surface area contributed by atoms with E-state index >= 15 is 0 Å². The van der Waals surface area contributed by atoms with Crippen molar-refractivity contribution < 1.29 is 19.1 Å². The molecular weight excluding hydrogens is 358 g/mol. The molecule has 2 aromatic carbocycles.